The molecule has 0 saturated carbocycles. The van der Waals surface area contributed by atoms with Gasteiger partial charge in [-0.15, -0.1) is 0 Å². The van der Waals surface area contributed by atoms with Crippen molar-refractivity contribution in [3.8, 4) is 0 Å². The van der Waals surface area contributed by atoms with Gasteiger partial charge in [-0.3, -0.25) is 4.57 Å². The molecule has 0 radical (unpaired) electrons. The maximum Gasteiger partial charge on any atom is 0.337 e. The van der Waals surface area contributed by atoms with Crippen LogP contribution in [0.4, 0.5) is 8.78 Å². The van der Waals surface area contributed by atoms with Gasteiger partial charge in [-0.1, -0.05) is 6.42 Å². The summed E-state index contributed by atoms with van der Waals surface area (Å²) in [5.41, 5.74) is 0. The van der Waals surface area contributed by atoms with Crippen molar-refractivity contribution in [3.63, 3.8) is 0 Å². The summed E-state index contributed by atoms with van der Waals surface area (Å²) in [6.45, 7) is 4.15. The van der Waals surface area contributed by atoms with Crippen LogP contribution in [0.15, 0.2) is 0 Å². The molecular weight excluding hydrogens is 223 g/mol. The maximum absolute atomic E-state index is 12.8. The Morgan fingerprint density at radius 1 is 1.20 bits per heavy atom. The van der Waals surface area contributed by atoms with Crippen molar-refractivity contribution in [1.82, 2.24) is 4.67 Å². The molecule has 0 spiro atoms. The van der Waals surface area contributed by atoms with Gasteiger partial charge in [0.15, 0.2) is 0 Å². The standard InChI is InChI=1S/C9H18F2NO2P/c1-8(2)14-15(13,9(10)11)12-6-4-3-5-7-12/h8-9H,3-7H2,1-2H3. The molecule has 1 fully saturated rings. The molecule has 15 heavy (non-hydrogen) atoms. The van der Waals surface area contributed by atoms with Gasteiger partial charge in [-0.2, -0.15) is 8.78 Å². The number of hydrogen-bond donors (Lipinski definition) is 0. The van der Waals surface area contributed by atoms with E-state index < -0.39 is 19.8 Å². The van der Waals surface area contributed by atoms with Crippen molar-refractivity contribution in [2.24, 2.45) is 0 Å². The van der Waals surface area contributed by atoms with E-state index in [1.165, 1.54) is 4.67 Å². The van der Waals surface area contributed by atoms with Crippen LogP contribution in [0.5, 0.6) is 0 Å². The van der Waals surface area contributed by atoms with Crippen molar-refractivity contribution < 1.29 is 17.9 Å². The Bertz CT molecular complexity index is 242. The summed E-state index contributed by atoms with van der Waals surface area (Å²) in [6, 6.07) is 0. The van der Waals surface area contributed by atoms with Gasteiger partial charge in [0.25, 0.3) is 0 Å². The zero-order chi connectivity index (χ0) is 11.5. The van der Waals surface area contributed by atoms with E-state index in [2.05, 4.69) is 0 Å². The van der Waals surface area contributed by atoms with E-state index in [1.54, 1.807) is 13.8 Å². The number of halogens is 2. The van der Waals surface area contributed by atoms with E-state index in [9.17, 15) is 13.3 Å². The molecule has 0 aromatic carbocycles. The van der Waals surface area contributed by atoms with Crippen LogP contribution < -0.4 is 0 Å². The minimum atomic E-state index is -3.92. The fourth-order valence-electron chi connectivity index (χ4n) is 1.69. The summed E-state index contributed by atoms with van der Waals surface area (Å²) in [6.07, 6.45) is -0.692. The molecule has 0 aromatic rings. The Morgan fingerprint density at radius 3 is 2.13 bits per heavy atom. The Hall–Kier alpha value is 0.01000. The van der Waals surface area contributed by atoms with Gasteiger partial charge in [0.05, 0.1) is 6.10 Å². The molecule has 1 saturated heterocycles. The highest BCUT2D eigenvalue weighted by atomic mass is 31.2. The van der Waals surface area contributed by atoms with Gasteiger partial charge in [-0.25, -0.2) is 4.67 Å². The quantitative estimate of drug-likeness (QED) is 0.707. The molecule has 0 amide bonds. The SMILES string of the molecule is CC(C)OP(=O)(C(F)F)N1CCCCC1. The number of rotatable bonds is 4. The fourth-order valence-corrected chi connectivity index (χ4v) is 3.61. The molecule has 1 atom stereocenters. The molecular formula is C9H18F2NO2P. The number of hydrogen-bond acceptors (Lipinski definition) is 2. The third-order valence-electron chi connectivity index (χ3n) is 2.34. The fraction of sp³-hybridized carbons (Fsp3) is 1.00. The highest BCUT2D eigenvalue weighted by molar-refractivity contribution is 7.56. The lowest BCUT2D eigenvalue weighted by atomic mass is 10.2. The minimum Gasteiger partial charge on any atom is -0.311 e. The van der Waals surface area contributed by atoms with Crippen molar-refractivity contribution in [1.29, 1.82) is 0 Å². The topological polar surface area (TPSA) is 29.5 Å². The van der Waals surface area contributed by atoms with Crippen LogP contribution in [0.25, 0.3) is 0 Å². The second-order valence-electron chi connectivity index (χ2n) is 4.01. The normalized spacial score (nSPS) is 23.3. The molecule has 1 aliphatic rings. The van der Waals surface area contributed by atoms with E-state index >= 15 is 0 Å². The van der Waals surface area contributed by atoms with Crippen LogP contribution >= 0.6 is 7.52 Å². The summed E-state index contributed by atoms with van der Waals surface area (Å²) >= 11 is 0. The number of nitrogens with zero attached hydrogens (tertiary/aromatic N) is 1. The van der Waals surface area contributed by atoms with Crippen molar-refractivity contribution in [3.05, 3.63) is 0 Å². The van der Waals surface area contributed by atoms with Crippen LogP contribution in [0.2, 0.25) is 0 Å². The highest BCUT2D eigenvalue weighted by Crippen LogP contribution is 2.58. The van der Waals surface area contributed by atoms with Gasteiger partial charge < -0.3 is 4.52 Å². The van der Waals surface area contributed by atoms with Crippen molar-refractivity contribution in [2.45, 2.75) is 45.4 Å². The molecule has 90 valence electrons. The van der Waals surface area contributed by atoms with Gasteiger partial charge in [0.1, 0.15) is 0 Å². The predicted molar refractivity (Wildman–Crippen MR) is 55.3 cm³/mol. The molecule has 0 aromatic heterocycles. The first-order valence-electron chi connectivity index (χ1n) is 5.28. The predicted octanol–water partition coefficient (Wildman–Crippen LogP) is 3.31. The molecule has 0 N–H and O–H groups in total. The third kappa shape index (κ3) is 3.23. The summed E-state index contributed by atoms with van der Waals surface area (Å²) in [5.74, 6) is 0. The Balaban J connectivity index is 2.74. The van der Waals surface area contributed by atoms with Crippen LogP contribution in [0.1, 0.15) is 33.1 Å². The van der Waals surface area contributed by atoms with Gasteiger partial charge in [0.2, 0.25) is 0 Å². The van der Waals surface area contributed by atoms with Gasteiger partial charge >= 0.3 is 13.7 Å². The monoisotopic (exact) mass is 241 g/mol. The van der Waals surface area contributed by atoms with E-state index in [0.717, 1.165) is 19.3 Å². The van der Waals surface area contributed by atoms with Crippen LogP contribution in [-0.4, -0.2) is 30.0 Å². The van der Waals surface area contributed by atoms with E-state index in [4.69, 9.17) is 4.52 Å². The molecule has 0 bridgehead atoms. The summed E-state index contributed by atoms with van der Waals surface area (Å²) in [5, 5.41) is 0. The van der Waals surface area contributed by atoms with Crippen LogP contribution in [-0.2, 0) is 9.09 Å². The van der Waals surface area contributed by atoms with Crippen LogP contribution in [0, 0.1) is 0 Å². The zero-order valence-electron chi connectivity index (χ0n) is 9.16. The molecule has 1 rings (SSSR count). The molecule has 1 aliphatic heterocycles. The number of piperidine rings is 1. The highest BCUT2D eigenvalue weighted by Gasteiger charge is 2.42. The van der Waals surface area contributed by atoms with Gasteiger partial charge in [-0.05, 0) is 26.7 Å². The first kappa shape index (κ1) is 13.1. The smallest absolute Gasteiger partial charge is 0.311 e. The molecule has 1 heterocycles. The number of alkyl halides is 2. The summed E-state index contributed by atoms with van der Waals surface area (Å²) in [4.78, 5) is 0. The first-order valence-corrected chi connectivity index (χ1v) is 6.93. The first-order chi connectivity index (χ1) is 6.97. The summed E-state index contributed by atoms with van der Waals surface area (Å²) < 4.78 is 43.9. The van der Waals surface area contributed by atoms with Crippen molar-refractivity contribution in [2.75, 3.05) is 13.1 Å². The lowest BCUT2D eigenvalue weighted by Gasteiger charge is -2.34. The Kier molecular flexibility index (Phi) is 4.68. The molecule has 0 aliphatic carbocycles. The van der Waals surface area contributed by atoms with Crippen LogP contribution in [0.3, 0.4) is 0 Å². The third-order valence-corrected chi connectivity index (χ3v) is 4.74. The van der Waals surface area contributed by atoms with E-state index in [0.29, 0.717) is 13.1 Å². The van der Waals surface area contributed by atoms with E-state index in [-0.39, 0.29) is 0 Å². The molecule has 1 unspecified atom stereocenters. The molecule has 3 nitrogen and oxygen atoms in total. The zero-order valence-corrected chi connectivity index (χ0v) is 10.1. The average molecular weight is 241 g/mol. The average Bonchev–Trinajstić information content (AvgIpc) is 2.17. The maximum atomic E-state index is 12.8. The summed E-state index contributed by atoms with van der Waals surface area (Å²) in [7, 11) is -3.92. The minimum absolute atomic E-state index is 0.438. The van der Waals surface area contributed by atoms with Gasteiger partial charge in [0, 0.05) is 13.1 Å². The van der Waals surface area contributed by atoms with Crippen molar-refractivity contribution >= 4 is 7.52 Å². The second-order valence-corrected chi connectivity index (χ2v) is 6.31. The lowest BCUT2D eigenvalue weighted by molar-refractivity contribution is 0.133. The Morgan fingerprint density at radius 2 is 1.73 bits per heavy atom. The largest absolute Gasteiger partial charge is 0.337 e. The second kappa shape index (κ2) is 5.37. The lowest BCUT2D eigenvalue weighted by Crippen LogP contribution is -2.31. The van der Waals surface area contributed by atoms with E-state index in [1.807, 2.05) is 0 Å². The Labute approximate surface area is 89.3 Å². The molecule has 6 heteroatoms.